The Morgan fingerprint density at radius 3 is 2.88 bits per heavy atom. The second-order valence-electron chi connectivity index (χ2n) is 3.56. The predicted octanol–water partition coefficient (Wildman–Crippen LogP) is 2.77. The van der Waals surface area contributed by atoms with Crippen molar-refractivity contribution in [1.29, 1.82) is 0 Å². The Morgan fingerprint density at radius 1 is 1.47 bits per heavy atom. The van der Waals surface area contributed by atoms with Crippen LogP contribution in [0.2, 0.25) is 0 Å². The molecule has 0 aliphatic rings. The van der Waals surface area contributed by atoms with Crippen molar-refractivity contribution in [3.63, 3.8) is 0 Å². The molecule has 3 nitrogen and oxygen atoms in total. The number of hydrogen-bond acceptors (Lipinski definition) is 5. The van der Waals surface area contributed by atoms with E-state index >= 15 is 0 Å². The van der Waals surface area contributed by atoms with Crippen LogP contribution >= 0.6 is 35.3 Å². The van der Waals surface area contributed by atoms with Gasteiger partial charge in [0.1, 0.15) is 0 Å². The smallest absolute Gasteiger partial charge is 0.261 e. The normalized spacial score (nSPS) is 10.5. The molecule has 0 aliphatic carbocycles. The number of aryl methyl sites for hydroxylation is 1. The van der Waals surface area contributed by atoms with Gasteiger partial charge >= 0.3 is 0 Å². The predicted molar refractivity (Wildman–Crippen MR) is 74.5 cm³/mol. The molecule has 0 spiro atoms. The number of hydrogen-bond donors (Lipinski definition) is 2. The van der Waals surface area contributed by atoms with E-state index in [1.165, 1.54) is 11.3 Å². The Balaban J connectivity index is 1.81. The van der Waals surface area contributed by atoms with Crippen molar-refractivity contribution in [1.82, 2.24) is 10.3 Å². The van der Waals surface area contributed by atoms with Gasteiger partial charge in [0, 0.05) is 34.3 Å². The SMILES string of the molecule is Cc1csc(CCNC(=O)c2cc(S)cs2)n1. The number of nitrogens with one attached hydrogen (secondary N) is 1. The average molecular weight is 284 g/mol. The first-order chi connectivity index (χ1) is 8.15. The number of rotatable bonds is 4. The molecule has 90 valence electrons. The van der Waals surface area contributed by atoms with Gasteiger partial charge in [-0.25, -0.2) is 4.98 Å². The minimum absolute atomic E-state index is 0.0384. The quantitative estimate of drug-likeness (QED) is 0.848. The Hall–Kier alpha value is -0.850. The van der Waals surface area contributed by atoms with Crippen LogP contribution in [0.1, 0.15) is 20.4 Å². The maximum Gasteiger partial charge on any atom is 0.261 e. The summed E-state index contributed by atoms with van der Waals surface area (Å²) in [4.78, 5) is 17.6. The summed E-state index contributed by atoms with van der Waals surface area (Å²) in [6, 6.07) is 1.77. The molecule has 0 saturated carbocycles. The van der Waals surface area contributed by atoms with E-state index < -0.39 is 0 Å². The maximum atomic E-state index is 11.7. The number of amides is 1. The molecule has 0 aromatic carbocycles. The van der Waals surface area contributed by atoms with Crippen molar-refractivity contribution in [3.05, 3.63) is 32.4 Å². The molecule has 2 aromatic rings. The molecule has 2 aromatic heterocycles. The number of aromatic nitrogens is 1. The summed E-state index contributed by atoms with van der Waals surface area (Å²) >= 11 is 7.21. The fourth-order valence-corrected chi connectivity index (χ4v) is 3.17. The summed E-state index contributed by atoms with van der Waals surface area (Å²) in [6.07, 6.45) is 0.781. The Bertz CT molecular complexity index is 518. The highest BCUT2D eigenvalue weighted by atomic mass is 32.1. The van der Waals surface area contributed by atoms with Crippen LogP contribution in [0, 0.1) is 6.92 Å². The fourth-order valence-electron chi connectivity index (χ4n) is 1.33. The molecule has 1 N–H and O–H groups in total. The lowest BCUT2D eigenvalue weighted by molar-refractivity contribution is 0.0958. The third-order valence-electron chi connectivity index (χ3n) is 2.10. The average Bonchev–Trinajstić information content (AvgIpc) is 2.88. The molecule has 0 atom stereocenters. The van der Waals surface area contributed by atoms with E-state index in [2.05, 4.69) is 22.9 Å². The lowest BCUT2D eigenvalue weighted by atomic mass is 10.4. The lowest BCUT2D eigenvalue weighted by Gasteiger charge is -2.01. The van der Waals surface area contributed by atoms with E-state index in [-0.39, 0.29) is 5.91 Å². The van der Waals surface area contributed by atoms with Gasteiger partial charge in [-0.15, -0.1) is 35.3 Å². The third-order valence-corrected chi connectivity index (χ3v) is 4.49. The zero-order valence-corrected chi connectivity index (χ0v) is 11.8. The molecule has 17 heavy (non-hydrogen) atoms. The van der Waals surface area contributed by atoms with Crippen molar-refractivity contribution in [2.75, 3.05) is 6.54 Å². The molecule has 1 amide bonds. The zero-order valence-electron chi connectivity index (χ0n) is 9.27. The maximum absolute atomic E-state index is 11.7. The van der Waals surface area contributed by atoms with Crippen LogP contribution in [0.25, 0.3) is 0 Å². The summed E-state index contributed by atoms with van der Waals surface area (Å²) in [5.41, 5.74) is 1.04. The van der Waals surface area contributed by atoms with E-state index in [0.717, 1.165) is 22.0 Å². The molecule has 0 saturated heterocycles. The van der Waals surface area contributed by atoms with Gasteiger partial charge < -0.3 is 5.32 Å². The van der Waals surface area contributed by atoms with Gasteiger partial charge in [-0.1, -0.05) is 0 Å². The minimum atomic E-state index is -0.0384. The van der Waals surface area contributed by atoms with Gasteiger partial charge in [0.2, 0.25) is 0 Å². The van der Waals surface area contributed by atoms with Crippen molar-refractivity contribution in [3.8, 4) is 0 Å². The first-order valence-electron chi connectivity index (χ1n) is 5.12. The molecule has 2 rings (SSSR count). The summed E-state index contributed by atoms with van der Waals surface area (Å²) in [5.74, 6) is -0.0384. The Kier molecular flexibility index (Phi) is 4.20. The number of nitrogens with zero attached hydrogens (tertiary/aromatic N) is 1. The molecule has 2 heterocycles. The van der Waals surface area contributed by atoms with Gasteiger partial charge in [-0.2, -0.15) is 0 Å². The number of carbonyl (C=O) groups is 1. The van der Waals surface area contributed by atoms with Gasteiger partial charge in [-0.05, 0) is 13.0 Å². The van der Waals surface area contributed by atoms with Gasteiger partial charge in [0.25, 0.3) is 5.91 Å². The van der Waals surface area contributed by atoms with Crippen LogP contribution in [0.3, 0.4) is 0 Å². The summed E-state index contributed by atoms with van der Waals surface area (Å²) < 4.78 is 0. The second-order valence-corrected chi connectivity index (χ2v) is 5.93. The van der Waals surface area contributed by atoms with E-state index in [4.69, 9.17) is 0 Å². The van der Waals surface area contributed by atoms with E-state index in [1.54, 1.807) is 17.4 Å². The monoisotopic (exact) mass is 284 g/mol. The van der Waals surface area contributed by atoms with Crippen LogP contribution < -0.4 is 5.32 Å². The zero-order chi connectivity index (χ0) is 12.3. The van der Waals surface area contributed by atoms with Crippen molar-refractivity contribution in [2.45, 2.75) is 18.2 Å². The van der Waals surface area contributed by atoms with E-state index in [1.807, 2.05) is 17.7 Å². The fraction of sp³-hybridized carbons (Fsp3) is 0.273. The highest BCUT2D eigenvalue weighted by molar-refractivity contribution is 7.80. The number of thiazole rings is 1. The topological polar surface area (TPSA) is 42.0 Å². The van der Waals surface area contributed by atoms with Crippen LogP contribution in [0.5, 0.6) is 0 Å². The lowest BCUT2D eigenvalue weighted by Crippen LogP contribution is -2.24. The van der Waals surface area contributed by atoms with Crippen LogP contribution in [0.4, 0.5) is 0 Å². The number of thiol groups is 1. The number of thiophene rings is 1. The van der Waals surface area contributed by atoms with E-state index in [9.17, 15) is 4.79 Å². The van der Waals surface area contributed by atoms with Crippen LogP contribution in [0.15, 0.2) is 21.7 Å². The molecular weight excluding hydrogens is 272 g/mol. The summed E-state index contributed by atoms with van der Waals surface area (Å²) in [5, 5.41) is 7.80. The standard InChI is InChI=1S/C11H12N2OS3/c1-7-5-17-10(13-7)2-3-12-11(14)9-4-8(15)6-16-9/h4-6,15H,2-3H2,1H3,(H,12,14). The largest absolute Gasteiger partial charge is 0.351 e. The molecular formula is C11H12N2OS3. The molecule has 0 unspecified atom stereocenters. The molecule has 6 heteroatoms. The van der Waals surface area contributed by atoms with Crippen molar-refractivity contribution < 1.29 is 4.79 Å². The van der Waals surface area contributed by atoms with Crippen molar-refractivity contribution >= 4 is 41.2 Å². The Labute approximate surface area is 113 Å². The van der Waals surface area contributed by atoms with Gasteiger partial charge in [0.05, 0.1) is 9.88 Å². The summed E-state index contributed by atoms with van der Waals surface area (Å²) in [7, 11) is 0. The highest BCUT2D eigenvalue weighted by Crippen LogP contribution is 2.17. The van der Waals surface area contributed by atoms with Crippen LogP contribution in [-0.2, 0) is 6.42 Å². The van der Waals surface area contributed by atoms with Gasteiger partial charge in [-0.3, -0.25) is 4.79 Å². The molecule has 0 aliphatic heterocycles. The van der Waals surface area contributed by atoms with Gasteiger partial charge in [0.15, 0.2) is 0 Å². The minimum Gasteiger partial charge on any atom is -0.351 e. The highest BCUT2D eigenvalue weighted by Gasteiger charge is 2.07. The van der Waals surface area contributed by atoms with Crippen molar-refractivity contribution in [2.24, 2.45) is 0 Å². The summed E-state index contributed by atoms with van der Waals surface area (Å²) in [6.45, 7) is 2.59. The molecule has 0 bridgehead atoms. The first-order valence-corrected chi connectivity index (χ1v) is 7.32. The second kappa shape index (κ2) is 5.66. The Morgan fingerprint density at radius 2 is 2.29 bits per heavy atom. The first kappa shape index (κ1) is 12.6. The number of carbonyl (C=O) groups excluding carboxylic acids is 1. The molecule has 0 radical (unpaired) electrons. The van der Waals surface area contributed by atoms with Crippen LogP contribution in [-0.4, -0.2) is 17.4 Å². The van der Waals surface area contributed by atoms with E-state index in [0.29, 0.717) is 11.4 Å². The third kappa shape index (κ3) is 3.55. The molecule has 0 fully saturated rings.